The minimum atomic E-state index is -0.473. The first-order valence-electron chi connectivity index (χ1n) is 8.43. The summed E-state index contributed by atoms with van der Waals surface area (Å²) in [6, 6.07) is 9.65. The molecule has 0 bridgehead atoms. The molecule has 0 atom stereocenters. The molecule has 1 aliphatic carbocycles. The predicted molar refractivity (Wildman–Crippen MR) is 99.9 cm³/mol. The normalized spacial score (nSPS) is 12.8. The molecule has 1 aromatic carbocycles. The minimum Gasteiger partial charge on any atom is -0.348 e. The summed E-state index contributed by atoms with van der Waals surface area (Å²) in [5, 5.41) is 14.8. The number of fused-ring (bicyclic) bond motifs is 1. The molecule has 1 amide bonds. The summed E-state index contributed by atoms with van der Waals surface area (Å²) in [5.74, 6) is -0.226. The third-order valence-corrected chi connectivity index (χ3v) is 5.96. The Morgan fingerprint density at radius 1 is 1.19 bits per heavy atom. The van der Waals surface area contributed by atoms with Crippen LogP contribution in [0.1, 0.15) is 32.8 Å². The van der Waals surface area contributed by atoms with E-state index in [4.69, 9.17) is 0 Å². The zero-order valence-corrected chi connectivity index (χ0v) is 14.8. The second-order valence-corrected chi connectivity index (χ2v) is 7.30. The van der Waals surface area contributed by atoms with Gasteiger partial charge in [0.15, 0.2) is 0 Å². The van der Waals surface area contributed by atoms with Crippen LogP contribution in [0.5, 0.6) is 0 Å². The van der Waals surface area contributed by atoms with Crippen LogP contribution in [0.3, 0.4) is 0 Å². The van der Waals surface area contributed by atoms with E-state index in [1.165, 1.54) is 40.3 Å². The lowest BCUT2D eigenvalue weighted by atomic mass is 10.1. The molecular weight excluding hydrogens is 350 g/mol. The topological polar surface area (TPSA) is 77.2 Å². The molecule has 6 nitrogen and oxygen atoms in total. The molecule has 0 fully saturated rings. The lowest BCUT2D eigenvalue weighted by molar-refractivity contribution is -0.384. The van der Waals surface area contributed by atoms with Crippen molar-refractivity contribution in [3.05, 3.63) is 80.5 Å². The number of non-ortho nitro benzene ring substituents is 1. The molecule has 1 aliphatic rings. The summed E-state index contributed by atoms with van der Waals surface area (Å²) < 4.78 is 2.09. The van der Waals surface area contributed by atoms with Crippen molar-refractivity contribution >= 4 is 22.9 Å². The van der Waals surface area contributed by atoms with Crippen molar-refractivity contribution in [1.82, 2.24) is 9.88 Å². The van der Waals surface area contributed by atoms with Crippen molar-refractivity contribution < 1.29 is 9.72 Å². The lowest BCUT2D eigenvalue weighted by Crippen LogP contribution is -2.23. The summed E-state index contributed by atoms with van der Waals surface area (Å²) in [7, 11) is 0. The monoisotopic (exact) mass is 367 g/mol. The molecule has 0 radical (unpaired) electrons. The van der Waals surface area contributed by atoms with Crippen molar-refractivity contribution in [1.29, 1.82) is 0 Å². The van der Waals surface area contributed by atoms with E-state index < -0.39 is 4.92 Å². The number of hydrogen-bond donors (Lipinski definition) is 1. The molecule has 4 rings (SSSR count). The molecule has 0 unspecified atom stereocenters. The lowest BCUT2D eigenvalue weighted by Gasteiger charge is -2.10. The number of carbonyl (C=O) groups excluding carboxylic acids is 1. The van der Waals surface area contributed by atoms with Crippen molar-refractivity contribution in [2.45, 2.75) is 25.8 Å². The van der Waals surface area contributed by atoms with Crippen molar-refractivity contribution in [3.63, 3.8) is 0 Å². The van der Waals surface area contributed by atoms with E-state index in [0.717, 1.165) is 24.3 Å². The van der Waals surface area contributed by atoms with Gasteiger partial charge in [-0.25, -0.2) is 0 Å². The average Bonchev–Trinajstić information content (AvgIpc) is 3.36. The molecule has 0 saturated heterocycles. The Morgan fingerprint density at radius 3 is 2.62 bits per heavy atom. The first kappa shape index (κ1) is 16.5. The van der Waals surface area contributed by atoms with E-state index in [1.807, 2.05) is 24.5 Å². The van der Waals surface area contributed by atoms with Crippen LogP contribution in [0.15, 0.2) is 48.8 Å². The maximum atomic E-state index is 12.4. The fourth-order valence-electron chi connectivity index (χ4n) is 3.32. The average molecular weight is 367 g/mol. The highest BCUT2D eigenvalue weighted by atomic mass is 32.1. The molecule has 1 N–H and O–H groups in total. The number of rotatable bonds is 5. The highest BCUT2D eigenvalue weighted by molar-refractivity contribution is 7.15. The van der Waals surface area contributed by atoms with E-state index in [9.17, 15) is 14.9 Å². The van der Waals surface area contributed by atoms with E-state index in [1.54, 1.807) is 11.3 Å². The number of thiophene rings is 1. The number of hydrogen-bond acceptors (Lipinski definition) is 4. The van der Waals surface area contributed by atoms with E-state index in [2.05, 4.69) is 9.88 Å². The van der Waals surface area contributed by atoms with E-state index >= 15 is 0 Å². The van der Waals surface area contributed by atoms with Crippen molar-refractivity contribution in [2.24, 2.45) is 0 Å². The number of carbonyl (C=O) groups is 1. The number of aromatic nitrogens is 1. The molecule has 132 valence electrons. The second kappa shape index (κ2) is 6.76. The molecule has 0 saturated carbocycles. The summed E-state index contributed by atoms with van der Waals surface area (Å²) in [5.41, 5.74) is 2.94. The van der Waals surface area contributed by atoms with Crippen molar-refractivity contribution in [3.8, 4) is 5.00 Å². The molecule has 0 aliphatic heterocycles. The zero-order chi connectivity index (χ0) is 18.1. The summed E-state index contributed by atoms with van der Waals surface area (Å²) in [4.78, 5) is 24.1. The van der Waals surface area contributed by atoms with Crippen LogP contribution in [0.25, 0.3) is 5.00 Å². The number of nitrogens with one attached hydrogen (secondary N) is 1. The number of benzene rings is 1. The maximum absolute atomic E-state index is 12.4. The minimum absolute atomic E-state index is 0.0212. The summed E-state index contributed by atoms with van der Waals surface area (Å²) in [6.07, 6.45) is 7.35. The number of aryl methyl sites for hydroxylation is 1. The van der Waals surface area contributed by atoms with Gasteiger partial charge >= 0.3 is 0 Å². The fourth-order valence-corrected chi connectivity index (χ4v) is 4.70. The molecule has 7 heteroatoms. The molecular formula is C19H17N3O3S. The van der Waals surface area contributed by atoms with Crippen LogP contribution < -0.4 is 5.32 Å². The Morgan fingerprint density at radius 2 is 1.92 bits per heavy atom. The first-order chi connectivity index (χ1) is 12.6. The quantitative estimate of drug-likeness (QED) is 0.549. The Balaban J connectivity index is 1.54. The third-order valence-electron chi connectivity index (χ3n) is 4.61. The Labute approximate surface area is 154 Å². The predicted octanol–water partition coefficient (Wildman–Crippen LogP) is 3.87. The van der Waals surface area contributed by atoms with Gasteiger partial charge in [0.1, 0.15) is 5.00 Å². The van der Waals surface area contributed by atoms with Gasteiger partial charge in [0.2, 0.25) is 0 Å². The van der Waals surface area contributed by atoms with Crippen LogP contribution >= 0.6 is 11.3 Å². The van der Waals surface area contributed by atoms with Gasteiger partial charge in [-0.3, -0.25) is 14.9 Å². The maximum Gasteiger partial charge on any atom is 0.269 e. The van der Waals surface area contributed by atoms with Gasteiger partial charge in [0.05, 0.1) is 4.92 Å². The summed E-state index contributed by atoms with van der Waals surface area (Å²) in [6.45, 7) is 0.454. The van der Waals surface area contributed by atoms with Gasteiger partial charge in [-0.15, -0.1) is 11.3 Å². The van der Waals surface area contributed by atoms with Gasteiger partial charge in [-0.05, 0) is 49.1 Å². The highest BCUT2D eigenvalue weighted by Gasteiger charge is 2.23. The largest absolute Gasteiger partial charge is 0.348 e. The Bertz CT molecular complexity index is 959. The molecule has 2 heterocycles. The highest BCUT2D eigenvalue weighted by Crippen LogP contribution is 2.37. The second-order valence-electron chi connectivity index (χ2n) is 6.22. The molecule has 26 heavy (non-hydrogen) atoms. The Hall–Kier alpha value is -2.93. The third kappa shape index (κ3) is 3.01. The number of amides is 1. The number of nitro benzene ring substituents is 1. The van der Waals surface area contributed by atoms with Gasteiger partial charge in [0.25, 0.3) is 11.6 Å². The molecule has 3 aromatic rings. The van der Waals surface area contributed by atoms with E-state index in [-0.39, 0.29) is 11.6 Å². The summed E-state index contributed by atoms with van der Waals surface area (Å²) >= 11 is 1.80. The van der Waals surface area contributed by atoms with Gasteiger partial charge in [-0.1, -0.05) is 0 Å². The van der Waals surface area contributed by atoms with Crippen LogP contribution in [-0.4, -0.2) is 15.4 Å². The SMILES string of the molecule is O=C(NCc1c(-n2cccc2)sc2c1CCC2)c1ccc([N+](=O)[O-])cc1. The van der Waals surface area contributed by atoms with Gasteiger partial charge < -0.3 is 9.88 Å². The molecule has 0 spiro atoms. The standard InChI is InChI=1S/C19H17N3O3S/c23-18(13-6-8-14(9-7-13)22(24)25)20-12-16-15-4-3-5-17(15)26-19(16)21-10-1-2-11-21/h1-2,6-11H,3-5,12H2,(H,20,23). The molecule has 2 aromatic heterocycles. The smallest absolute Gasteiger partial charge is 0.269 e. The van der Waals surface area contributed by atoms with Gasteiger partial charge in [-0.2, -0.15) is 0 Å². The fraction of sp³-hybridized carbons (Fsp3) is 0.211. The van der Waals surface area contributed by atoms with Crippen molar-refractivity contribution in [2.75, 3.05) is 0 Å². The number of nitrogens with zero attached hydrogens (tertiary/aromatic N) is 2. The van der Waals surface area contributed by atoms with Crippen LogP contribution in [0, 0.1) is 10.1 Å². The zero-order valence-electron chi connectivity index (χ0n) is 14.0. The van der Waals surface area contributed by atoms with Crippen LogP contribution in [0.4, 0.5) is 5.69 Å². The van der Waals surface area contributed by atoms with Crippen LogP contribution in [-0.2, 0) is 19.4 Å². The number of nitro groups is 1. The van der Waals surface area contributed by atoms with Crippen LogP contribution in [0.2, 0.25) is 0 Å². The Kier molecular flexibility index (Phi) is 4.30. The first-order valence-corrected chi connectivity index (χ1v) is 9.24. The van der Waals surface area contributed by atoms with Gasteiger partial charge in [0, 0.05) is 47.1 Å². The van der Waals surface area contributed by atoms with E-state index in [0.29, 0.717) is 12.1 Å².